The lowest BCUT2D eigenvalue weighted by atomic mass is 9.86. The second-order valence-electron chi connectivity index (χ2n) is 12.7. The van der Waals surface area contributed by atoms with Gasteiger partial charge < -0.3 is 9.80 Å². The molecule has 0 unspecified atom stereocenters. The number of aromatic nitrogens is 2. The summed E-state index contributed by atoms with van der Waals surface area (Å²) in [6.45, 7) is 13.7. The Hall–Kier alpha value is -2.36. The molecule has 4 rings (SSSR count). The molecule has 9 heteroatoms. The van der Waals surface area contributed by atoms with E-state index in [1.807, 2.05) is 18.7 Å². The maximum absolute atomic E-state index is 13.6. The average molecular weight is 570 g/mol. The minimum absolute atomic E-state index is 0.00529. The van der Waals surface area contributed by atoms with Gasteiger partial charge in [0.05, 0.1) is 6.26 Å². The number of carbonyl (C=O) groups is 1. The van der Waals surface area contributed by atoms with Crippen LogP contribution in [0.15, 0.2) is 24.3 Å². The van der Waals surface area contributed by atoms with Crippen LogP contribution in [0, 0.1) is 13.8 Å². The zero-order chi connectivity index (χ0) is 29.2. The van der Waals surface area contributed by atoms with Crippen LogP contribution in [0.1, 0.15) is 85.2 Å². The first kappa shape index (κ1) is 30.6. The molecule has 2 aromatic rings. The van der Waals surface area contributed by atoms with Crippen molar-refractivity contribution < 1.29 is 13.2 Å². The van der Waals surface area contributed by atoms with Crippen molar-refractivity contribution in [3.63, 3.8) is 0 Å². The van der Waals surface area contributed by atoms with E-state index in [0.717, 1.165) is 62.9 Å². The van der Waals surface area contributed by atoms with Crippen molar-refractivity contribution >= 4 is 15.9 Å². The Morgan fingerprint density at radius 1 is 0.950 bits per heavy atom. The van der Waals surface area contributed by atoms with Crippen molar-refractivity contribution in [2.24, 2.45) is 0 Å². The molecular formula is C31H47N5O3S. The molecule has 1 amide bonds. The highest BCUT2D eigenvalue weighted by Crippen LogP contribution is 2.26. The van der Waals surface area contributed by atoms with E-state index < -0.39 is 10.0 Å². The molecule has 0 bridgehead atoms. The van der Waals surface area contributed by atoms with Gasteiger partial charge in [-0.25, -0.2) is 22.7 Å². The maximum Gasteiger partial charge on any atom is 0.272 e. The number of hydrogen-bond donors (Lipinski definition) is 0. The van der Waals surface area contributed by atoms with Crippen LogP contribution in [0.4, 0.5) is 0 Å². The molecule has 1 aromatic heterocycles. The van der Waals surface area contributed by atoms with Gasteiger partial charge in [-0.15, -0.1) is 0 Å². The Morgan fingerprint density at radius 3 is 2.10 bits per heavy atom. The molecule has 2 aliphatic rings. The molecule has 0 aliphatic carbocycles. The quantitative estimate of drug-likeness (QED) is 0.498. The van der Waals surface area contributed by atoms with E-state index in [2.05, 4.69) is 54.9 Å². The number of piperidine rings is 2. The lowest BCUT2D eigenvalue weighted by molar-refractivity contribution is 0.0542. The fourth-order valence-electron chi connectivity index (χ4n) is 6.04. The highest BCUT2D eigenvalue weighted by molar-refractivity contribution is 7.88. The van der Waals surface area contributed by atoms with E-state index in [0.29, 0.717) is 30.6 Å². The van der Waals surface area contributed by atoms with Crippen LogP contribution in [-0.4, -0.2) is 90.0 Å². The molecule has 8 nitrogen and oxygen atoms in total. The molecule has 2 aliphatic heterocycles. The average Bonchev–Trinajstić information content (AvgIpc) is 2.92. The Kier molecular flexibility index (Phi) is 9.37. The minimum atomic E-state index is -3.16. The predicted octanol–water partition coefficient (Wildman–Crippen LogP) is 4.14. The number of likely N-dealkylation sites (tertiary alicyclic amines) is 2. The number of sulfonamides is 1. The first-order valence-corrected chi connectivity index (χ1v) is 16.5. The minimum Gasteiger partial charge on any atom is -0.337 e. The topological polar surface area (TPSA) is 86.7 Å². The number of nitrogens with zero attached hydrogens (tertiary/aromatic N) is 5. The molecule has 0 spiro atoms. The van der Waals surface area contributed by atoms with Crippen LogP contribution >= 0.6 is 0 Å². The van der Waals surface area contributed by atoms with E-state index in [-0.39, 0.29) is 17.4 Å². The van der Waals surface area contributed by atoms with Gasteiger partial charge in [0.1, 0.15) is 11.5 Å². The molecule has 0 saturated carbocycles. The number of hydrogen-bond acceptors (Lipinski definition) is 6. The Bertz CT molecular complexity index is 1290. The Labute approximate surface area is 241 Å². The lowest BCUT2D eigenvalue weighted by Gasteiger charge is -2.43. The maximum atomic E-state index is 13.6. The van der Waals surface area contributed by atoms with Gasteiger partial charge in [0.25, 0.3) is 5.91 Å². The van der Waals surface area contributed by atoms with Crippen LogP contribution in [0.3, 0.4) is 0 Å². The van der Waals surface area contributed by atoms with E-state index in [1.54, 1.807) is 7.05 Å². The molecule has 3 heterocycles. The summed E-state index contributed by atoms with van der Waals surface area (Å²) in [6, 6.07) is 9.33. The van der Waals surface area contributed by atoms with E-state index in [9.17, 15) is 13.2 Å². The van der Waals surface area contributed by atoms with Crippen molar-refractivity contribution in [1.29, 1.82) is 0 Å². The van der Waals surface area contributed by atoms with Gasteiger partial charge in [0.15, 0.2) is 0 Å². The zero-order valence-electron chi connectivity index (χ0n) is 25.4. The van der Waals surface area contributed by atoms with Crippen LogP contribution in [0.2, 0.25) is 0 Å². The summed E-state index contributed by atoms with van der Waals surface area (Å²) in [5.74, 6) is 0.648. The van der Waals surface area contributed by atoms with E-state index in [4.69, 9.17) is 4.98 Å². The third-order valence-electron chi connectivity index (χ3n) is 8.84. The summed E-state index contributed by atoms with van der Waals surface area (Å²) in [5.41, 5.74) is 5.11. The fourth-order valence-corrected chi connectivity index (χ4v) is 6.79. The molecule has 1 aromatic carbocycles. The molecule has 0 atom stereocenters. The van der Waals surface area contributed by atoms with Gasteiger partial charge in [-0.05, 0) is 82.0 Å². The lowest BCUT2D eigenvalue weighted by Crippen LogP contribution is -2.52. The molecule has 2 fully saturated rings. The summed E-state index contributed by atoms with van der Waals surface area (Å²) in [7, 11) is -1.48. The van der Waals surface area contributed by atoms with Gasteiger partial charge in [0, 0.05) is 43.5 Å². The van der Waals surface area contributed by atoms with E-state index >= 15 is 0 Å². The number of aryl methyl sites for hydroxylation is 3. The van der Waals surface area contributed by atoms with Gasteiger partial charge in [-0.2, -0.15) is 0 Å². The Balaban J connectivity index is 1.34. The second kappa shape index (κ2) is 12.2. The molecule has 2 saturated heterocycles. The monoisotopic (exact) mass is 569 g/mol. The molecule has 220 valence electrons. The summed E-state index contributed by atoms with van der Waals surface area (Å²) in [5, 5.41) is 0. The Morgan fingerprint density at radius 2 is 1.55 bits per heavy atom. The van der Waals surface area contributed by atoms with Crippen LogP contribution < -0.4 is 0 Å². The van der Waals surface area contributed by atoms with E-state index in [1.165, 1.54) is 21.7 Å². The summed E-state index contributed by atoms with van der Waals surface area (Å²) in [4.78, 5) is 27.3. The molecule has 0 radical (unpaired) electrons. The highest BCUT2D eigenvalue weighted by atomic mass is 32.2. The first-order chi connectivity index (χ1) is 18.7. The standard InChI is InChI=1S/C31H47N5O3S/c1-22-28(13-10-24-8-11-25(12-9-24)31(3,4)5)32-23(2)33-29(22)30(37)36-20-16-27(17-21-36)35-18-14-26(15-19-35)34(6)40(7,38)39/h8-9,11-12,26-27H,10,13-21H2,1-7H3. The van der Waals surface area contributed by atoms with Crippen LogP contribution in [0.5, 0.6) is 0 Å². The first-order valence-electron chi connectivity index (χ1n) is 14.6. The number of rotatable bonds is 7. The summed E-state index contributed by atoms with van der Waals surface area (Å²) < 4.78 is 25.3. The van der Waals surface area contributed by atoms with Gasteiger partial charge >= 0.3 is 0 Å². The van der Waals surface area contributed by atoms with Crippen molar-refractivity contribution in [3.05, 3.63) is 58.2 Å². The highest BCUT2D eigenvalue weighted by Gasteiger charge is 2.33. The SMILES string of the molecule is Cc1nc(CCc2ccc(C(C)(C)C)cc2)c(C)c(C(=O)N2CCC(N3CCC(N(C)S(C)(=O)=O)CC3)CC2)n1. The summed E-state index contributed by atoms with van der Waals surface area (Å²) >= 11 is 0. The second-order valence-corrected chi connectivity index (χ2v) is 14.7. The smallest absolute Gasteiger partial charge is 0.272 e. The fraction of sp³-hybridized carbons (Fsp3) is 0.645. The van der Waals surface area contributed by atoms with Crippen molar-refractivity contribution in [2.45, 2.75) is 90.6 Å². The van der Waals surface area contributed by atoms with Crippen LogP contribution in [0.25, 0.3) is 0 Å². The molecule has 0 N–H and O–H groups in total. The van der Waals surface area contributed by atoms with Gasteiger partial charge in [-0.1, -0.05) is 45.0 Å². The zero-order valence-corrected chi connectivity index (χ0v) is 26.2. The number of amides is 1. The van der Waals surface area contributed by atoms with Crippen molar-refractivity contribution in [2.75, 3.05) is 39.5 Å². The summed E-state index contributed by atoms with van der Waals surface area (Å²) in [6.07, 6.45) is 6.49. The van der Waals surface area contributed by atoms with Crippen molar-refractivity contribution in [3.8, 4) is 0 Å². The molecule has 40 heavy (non-hydrogen) atoms. The van der Waals surface area contributed by atoms with Gasteiger partial charge in [0.2, 0.25) is 10.0 Å². The number of benzene rings is 1. The van der Waals surface area contributed by atoms with Crippen LogP contribution in [-0.2, 0) is 28.3 Å². The third kappa shape index (κ3) is 7.28. The largest absolute Gasteiger partial charge is 0.337 e. The predicted molar refractivity (Wildman–Crippen MR) is 160 cm³/mol. The number of carbonyl (C=O) groups excluding carboxylic acids is 1. The van der Waals surface area contributed by atoms with Gasteiger partial charge in [-0.3, -0.25) is 4.79 Å². The normalized spacial score (nSPS) is 18.4. The third-order valence-corrected chi connectivity index (χ3v) is 10.2. The molecular weight excluding hydrogens is 522 g/mol. The van der Waals surface area contributed by atoms with Crippen molar-refractivity contribution in [1.82, 2.24) is 24.1 Å².